The lowest BCUT2D eigenvalue weighted by atomic mass is 10.0. The maximum Gasteiger partial charge on any atom is 0.253 e. The van der Waals surface area contributed by atoms with E-state index in [0.717, 1.165) is 18.4 Å². The minimum Gasteiger partial charge on any atom is -0.341 e. The molecule has 1 fully saturated rings. The summed E-state index contributed by atoms with van der Waals surface area (Å²) in [5.41, 5.74) is 7.39. The van der Waals surface area contributed by atoms with Gasteiger partial charge in [-0.2, -0.15) is 0 Å². The van der Waals surface area contributed by atoms with Crippen molar-refractivity contribution in [2.75, 3.05) is 13.1 Å². The zero-order valence-electron chi connectivity index (χ0n) is 15.5. The monoisotopic (exact) mass is 424 g/mol. The Bertz CT molecular complexity index is 738. The fraction of sp³-hybridized carbons (Fsp3) is 0.350. The molecule has 3 N–H and O–H groups in total. The number of aromatic nitrogens is 1. The van der Waals surface area contributed by atoms with Crippen LogP contribution in [0.4, 0.5) is 0 Å². The molecule has 0 radical (unpaired) electrons. The maximum absolute atomic E-state index is 13.0. The number of hydrogen-bond acceptors (Lipinski definition) is 4. The molecule has 2 aromatic rings. The van der Waals surface area contributed by atoms with Crippen LogP contribution in [0.25, 0.3) is 0 Å². The Hall–Kier alpha value is -2.15. The van der Waals surface area contributed by atoms with E-state index in [1.54, 1.807) is 23.2 Å². The number of rotatable bonds is 5. The first-order valence-corrected chi connectivity index (χ1v) is 8.92. The number of hydrogen-bond donors (Lipinski definition) is 2. The number of likely N-dealkylation sites (tertiary alicyclic amines) is 1. The summed E-state index contributed by atoms with van der Waals surface area (Å²) in [6, 6.07) is 12.6. The van der Waals surface area contributed by atoms with Crippen LogP contribution in [0.1, 0.15) is 28.8 Å². The standard InChI is InChI=1S/C20H24N4O2.2ClH/c21-17-8-11-24(12-9-17)20(26)18(13-15-5-2-1-3-6-15)23-19(25)16-7-4-10-22-14-16;;/h1-7,10,14,17-18H,8-9,11-13,21H2,(H,23,25);2*1H. The first kappa shape index (κ1) is 23.9. The van der Waals surface area contributed by atoms with E-state index >= 15 is 0 Å². The zero-order chi connectivity index (χ0) is 18.4. The number of nitrogens with zero attached hydrogens (tertiary/aromatic N) is 2. The van der Waals surface area contributed by atoms with Crippen LogP contribution < -0.4 is 11.1 Å². The van der Waals surface area contributed by atoms with Crippen LogP contribution in [0.5, 0.6) is 0 Å². The van der Waals surface area contributed by atoms with Crippen molar-refractivity contribution in [2.24, 2.45) is 5.73 Å². The number of benzene rings is 1. The predicted octanol–water partition coefficient (Wildman–Crippen LogP) is 2.22. The van der Waals surface area contributed by atoms with E-state index in [-0.39, 0.29) is 42.7 Å². The number of piperidine rings is 1. The van der Waals surface area contributed by atoms with Gasteiger partial charge in [-0.05, 0) is 30.5 Å². The third-order valence-electron chi connectivity index (χ3n) is 4.66. The van der Waals surface area contributed by atoms with Crippen LogP contribution in [-0.4, -0.2) is 46.9 Å². The van der Waals surface area contributed by atoms with Crippen LogP contribution >= 0.6 is 24.8 Å². The Labute approximate surface area is 177 Å². The van der Waals surface area contributed by atoms with Gasteiger partial charge in [0.15, 0.2) is 0 Å². The SMILES string of the molecule is Cl.Cl.NC1CCN(C(=O)C(Cc2ccccc2)NC(=O)c2cccnc2)CC1. The molecule has 8 heteroatoms. The zero-order valence-corrected chi connectivity index (χ0v) is 17.1. The second-order valence-electron chi connectivity index (χ2n) is 6.62. The molecule has 0 aliphatic carbocycles. The summed E-state index contributed by atoms with van der Waals surface area (Å²) in [6.45, 7) is 1.27. The number of carbonyl (C=O) groups is 2. The normalized spacial score (nSPS) is 15.0. The average Bonchev–Trinajstić information content (AvgIpc) is 2.69. The van der Waals surface area contributed by atoms with Gasteiger partial charge >= 0.3 is 0 Å². The van der Waals surface area contributed by atoms with Crippen LogP contribution in [-0.2, 0) is 11.2 Å². The van der Waals surface area contributed by atoms with Gasteiger partial charge in [0, 0.05) is 37.9 Å². The number of amides is 2. The number of halogens is 2. The highest BCUT2D eigenvalue weighted by molar-refractivity contribution is 5.97. The molecule has 0 spiro atoms. The minimum absolute atomic E-state index is 0. The molecule has 3 rings (SSSR count). The molecule has 1 saturated heterocycles. The number of carbonyl (C=O) groups excluding carboxylic acids is 2. The molecule has 1 aromatic heterocycles. The Morgan fingerprint density at radius 1 is 1.11 bits per heavy atom. The second kappa shape index (κ2) is 11.6. The maximum atomic E-state index is 13.0. The number of pyridine rings is 1. The Morgan fingerprint density at radius 2 is 1.79 bits per heavy atom. The van der Waals surface area contributed by atoms with Gasteiger partial charge in [0.2, 0.25) is 5.91 Å². The van der Waals surface area contributed by atoms with Crippen molar-refractivity contribution in [2.45, 2.75) is 31.3 Å². The summed E-state index contributed by atoms with van der Waals surface area (Å²) < 4.78 is 0. The summed E-state index contributed by atoms with van der Waals surface area (Å²) in [7, 11) is 0. The van der Waals surface area contributed by atoms with Crippen LogP contribution in [0, 0.1) is 0 Å². The molecule has 1 aromatic carbocycles. The second-order valence-corrected chi connectivity index (χ2v) is 6.62. The third-order valence-corrected chi connectivity index (χ3v) is 4.66. The molecule has 1 aliphatic rings. The molecule has 1 aliphatic heterocycles. The van der Waals surface area contributed by atoms with Crippen molar-refractivity contribution in [3.8, 4) is 0 Å². The summed E-state index contributed by atoms with van der Waals surface area (Å²) in [5, 5.41) is 2.89. The molecular weight excluding hydrogens is 399 g/mol. The summed E-state index contributed by atoms with van der Waals surface area (Å²) in [5.74, 6) is -0.348. The van der Waals surface area contributed by atoms with Gasteiger partial charge < -0.3 is 16.0 Å². The highest BCUT2D eigenvalue weighted by Crippen LogP contribution is 2.13. The van der Waals surface area contributed by atoms with Crippen LogP contribution in [0.3, 0.4) is 0 Å². The predicted molar refractivity (Wildman–Crippen MR) is 114 cm³/mol. The molecule has 28 heavy (non-hydrogen) atoms. The van der Waals surface area contributed by atoms with Gasteiger partial charge in [0.05, 0.1) is 5.56 Å². The van der Waals surface area contributed by atoms with Crippen molar-refractivity contribution in [1.82, 2.24) is 15.2 Å². The van der Waals surface area contributed by atoms with Crippen molar-refractivity contribution in [3.05, 3.63) is 66.0 Å². The third kappa shape index (κ3) is 6.48. The van der Waals surface area contributed by atoms with Gasteiger partial charge in [0.1, 0.15) is 6.04 Å². The average molecular weight is 425 g/mol. The molecule has 0 bridgehead atoms. The Kier molecular flexibility index (Phi) is 9.93. The van der Waals surface area contributed by atoms with E-state index in [2.05, 4.69) is 10.3 Å². The fourth-order valence-electron chi connectivity index (χ4n) is 3.13. The van der Waals surface area contributed by atoms with E-state index in [1.165, 1.54) is 6.20 Å². The van der Waals surface area contributed by atoms with Gasteiger partial charge in [-0.1, -0.05) is 30.3 Å². The van der Waals surface area contributed by atoms with E-state index in [0.29, 0.717) is 25.1 Å². The molecule has 6 nitrogen and oxygen atoms in total. The first-order chi connectivity index (χ1) is 12.6. The van der Waals surface area contributed by atoms with E-state index in [1.807, 2.05) is 30.3 Å². The van der Waals surface area contributed by atoms with Crippen molar-refractivity contribution in [1.29, 1.82) is 0 Å². The van der Waals surface area contributed by atoms with E-state index in [4.69, 9.17) is 5.73 Å². The highest BCUT2D eigenvalue weighted by Gasteiger charge is 2.29. The first-order valence-electron chi connectivity index (χ1n) is 8.92. The summed E-state index contributed by atoms with van der Waals surface area (Å²) >= 11 is 0. The Morgan fingerprint density at radius 3 is 2.39 bits per heavy atom. The molecule has 152 valence electrons. The summed E-state index contributed by atoms with van der Waals surface area (Å²) in [6.07, 6.45) is 5.15. The minimum atomic E-state index is -0.612. The highest BCUT2D eigenvalue weighted by atomic mass is 35.5. The van der Waals surface area contributed by atoms with Crippen molar-refractivity contribution >= 4 is 36.6 Å². The van der Waals surface area contributed by atoms with Crippen LogP contribution in [0.2, 0.25) is 0 Å². The number of nitrogens with one attached hydrogen (secondary N) is 1. The summed E-state index contributed by atoms with van der Waals surface area (Å²) in [4.78, 5) is 31.3. The van der Waals surface area contributed by atoms with Crippen molar-refractivity contribution < 1.29 is 9.59 Å². The molecule has 0 saturated carbocycles. The lowest BCUT2D eigenvalue weighted by Gasteiger charge is -2.33. The van der Waals surface area contributed by atoms with E-state index < -0.39 is 6.04 Å². The molecule has 1 unspecified atom stereocenters. The smallest absolute Gasteiger partial charge is 0.253 e. The molecule has 2 heterocycles. The molecule has 1 atom stereocenters. The largest absolute Gasteiger partial charge is 0.341 e. The van der Waals surface area contributed by atoms with Gasteiger partial charge in [-0.25, -0.2) is 0 Å². The van der Waals surface area contributed by atoms with Gasteiger partial charge in [-0.15, -0.1) is 24.8 Å². The van der Waals surface area contributed by atoms with E-state index in [9.17, 15) is 9.59 Å². The van der Waals surface area contributed by atoms with Crippen molar-refractivity contribution in [3.63, 3.8) is 0 Å². The fourth-order valence-corrected chi connectivity index (χ4v) is 3.13. The quantitative estimate of drug-likeness (QED) is 0.769. The number of nitrogens with two attached hydrogens (primary N) is 1. The Balaban J connectivity index is 0.00000196. The molecular formula is C20H26Cl2N4O2. The van der Waals surface area contributed by atoms with Gasteiger partial charge in [-0.3, -0.25) is 14.6 Å². The lowest BCUT2D eigenvalue weighted by Crippen LogP contribution is -2.52. The topological polar surface area (TPSA) is 88.3 Å². The van der Waals surface area contributed by atoms with Crippen LogP contribution in [0.15, 0.2) is 54.9 Å². The van der Waals surface area contributed by atoms with Gasteiger partial charge in [0.25, 0.3) is 5.91 Å². The lowest BCUT2D eigenvalue weighted by molar-refractivity contribution is -0.134. The molecule has 2 amide bonds.